The fraction of sp³-hybridized carbons (Fsp3) is 0.333. The van der Waals surface area contributed by atoms with Crippen LogP contribution in [0.4, 0.5) is 0 Å². The molecule has 1 nitrogen and oxygen atoms in total. The van der Waals surface area contributed by atoms with E-state index in [1.165, 1.54) is 33.4 Å². The lowest BCUT2D eigenvalue weighted by Crippen LogP contribution is -2.17. The monoisotopic (exact) mass is 365 g/mol. The zero-order chi connectivity index (χ0) is 15.9. The molecule has 2 rings (SSSR count). The summed E-state index contributed by atoms with van der Waals surface area (Å²) in [6.07, 6.45) is 0. The summed E-state index contributed by atoms with van der Waals surface area (Å²) in [7, 11) is 0. The maximum absolute atomic E-state index is 6.58. The number of nitrogens with two attached hydrogens (primary N) is 1. The Morgan fingerprint density at radius 2 is 1.38 bits per heavy atom. The molecule has 3 heteroatoms. The average Bonchev–Trinajstić information content (AvgIpc) is 2.43. The largest absolute Gasteiger partial charge is 0.320 e. The average molecular weight is 367 g/mol. The molecule has 0 aromatic heterocycles. The van der Waals surface area contributed by atoms with Crippen LogP contribution in [0.1, 0.15) is 45.0 Å². The first-order chi connectivity index (χ1) is 9.75. The van der Waals surface area contributed by atoms with E-state index in [1.807, 2.05) is 18.2 Å². The van der Waals surface area contributed by atoms with Crippen LogP contribution >= 0.6 is 27.5 Å². The van der Waals surface area contributed by atoms with E-state index in [2.05, 4.69) is 50.5 Å². The summed E-state index contributed by atoms with van der Waals surface area (Å²) in [5.41, 5.74) is 15.4. The van der Waals surface area contributed by atoms with Crippen LogP contribution in [0.15, 0.2) is 22.7 Å². The summed E-state index contributed by atoms with van der Waals surface area (Å²) in [5.74, 6) is 0. The lowest BCUT2D eigenvalue weighted by molar-refractivity contribution is 0.838. The maximum atomic E-state index is 6.58. The van der Waals surface area contributed by atoms with Gasteiger partial charge in [0.05, 0.1) is 6.04 Å². The van der Waals surface area contributed by atoms with Crippen molar-refractivity contribution in [3.05, 3.63) is 66.6 Å². The van der Waals surface area contributed by atoms with E-state index >= 15 is 0 Å². The van der Waals surface area contributed by atoms with Gasteiger partial charge in [-0.25, -0.2) is 0 Å². The molecule has 112 valence electrons. The molecule has 0 aliphatic heterocycles. The van der Waals surface area contributed by atoms with Gasteiger partial charge < -0.3 is 5.73 Å². The van der Waals surface area contributed by atoms with Crippen molar-refractivity contribution in [3.8, 4) is 0 Å². The van der Waals surface area contributed by atoms with E-state index < -0.39 is 0 Å². The third-order valence-electron chi connectivity index (χ3n) is 4.67. The molecule has 0 saturated heterocycles. The van der Waals surface area contributed by atoms with E-state index in [1.54, 1.807) is 0 Å². The second-order valence-corrected chi connectivity index (χ2v) is 6.97. The quantitative estimate of drug-likeness (QED) is 0.725. The molecule has 1 unspecified atom stereocenters. The van der Waals surface area contributed by atoms with Crippen molar-refractivity contribution in [1.29, 1.82) is 0 Å². The predicted octanol–water partition coefficient (Wildman–Crippen LogP) is 5.69. The zero-order valence-electron chi connectivity index (χ0n) is 13.1. The van der Waals surface area contributed by atoms with Crippen LogP contribution in [0.2, 0.25) is 5.02 Å². The van der Waals surface area contributed by atoms with E-state index in [0.29, 0.717) is 5.02 Å². The van der Waals surface area contributed by atoms with Gasteiger partial charge in [0.15, 0.2) is 0 Å². The van der Waals surface area contributed by atoms with Crippen LogP contribution < -0.4 is 5.73 Å². The molecule has 0 spiro atoms. The van der Waals surface area contributed by atoms with Crippen molar-refractivity contribution in [2.45, 2.75) is 40.7 Å². The van der Waals surface area contributed by atoms with Crippen LogP contribution in [0.3, 0.4) is 0 Å². The van der Waals surface area contributed by atoms with Gasteiger partial charge in [0.25, 0.3) is 0 Å². The first kappa shape index (κ1) is 16.5. The van der Waals surface area contributed by atoms with Crippen molar-refractivity contribution in [2.24, 2.45) is 5.73 Å². The summed E-state index contributed by atoms with van der Waals surface area (Å²) in [5, 5.41) is 0.711. The molecule has 0 amide bonds. The first-order valence-corrected chi connectivity index (χ1v) is 8.20. The van der Waals surface area contributed by atoms with Crippen LogP contribution in [-0.4, -0.2) is 0 Å². The van der Waals surface area contributed by atoms with Crippen LogP contribution in [0, 0.1) is 34.6 Å². The number of halogens is 2. The summed E-state index contributed by atoms with van der Waals surface area (Å²) >= 11 is 9.61. The molecule has 0 aliphatic rings. The van der Waals surface area contributed by atoms with Gasteiger partial charge in [-0.1, -0.05) is 33.6 Å². The molecule has 2 N–H and O–H groups in total. The van der Waals surface area contributed by atoms with Gasteiger partial charge in [-0.2, -0.15) is 0 Å². The Morgan fingerprint density at radius 3 is 1.86 bits per heavy atom. The van der Waals surface area contributed by atoms with E-state index in [9.17, 15) is 0 Å². The molecule has 0 saturated carbocycles. The molecule has 0 aliphatic carbocycles. The Kier molecular flexibility index (Phi) is 4.82. The Labute approximate surface area is 140 Å². The molecular formula is C18H21BrClN. The SMILES string of the molecule is Cc1c(C)c(C)c(C(N)c2ccc(Cl)cc2Br)c(C)c1C. The van der Waals surface area contributed by atoms with Crippen LogP contribution in [0.25, 0.3) is 0 Å². The lowest BCUT2D eigenvalue weighted by atomic mass is 9.84. The Bertz CT molecular complexity index is 678. The van der Waals surface area contributed by atoms with Gasteiger partial charge in [-0.3, -0.25) is 0 Å². The predicted molar refractivity (Wildman–Crippen MR) is 95.3 cm³/mol. The van der Waals surface area contributed by atoms with Crippen LogP contribution in [-0.2, 0) is 0 Å². The highest BCUT2D eigenvalue weighted by atomic mass is 79.9. The number of hydrogen-bond donors (Lipinski definition) is 1. The maximum Gasteiger partial charge on any atom is 0.0568 e. The highest BCUT2D eigenvalue weighted by Gasteiger charge is 2.20. The van der Waals surface area contributed by atoms with E-state index in [4.69, 9.17) is 17.3 Å². The summed E-state index contributed by atoms with van der Waals surface area (Å²) in [4.78, 5) is 0. The van der Waals surface area contributed by atoms with Gasteiger partial charge in [-0.05, 0) is 85.7 Å². The molecule has 0 heterocycles. The standard InChI is InChI=1S/C18H21BrClN/c1-9-10(2)12(4)17(13(5)11(9)3)18(21)15-7-6-14(20)8-16(15)19/h6-8,18H,21H2,1-5H3. The number of hydrogen-bond acceptors (Lipinski definition) is 1. The Balaban J connectivity index is 2.66. The smallest absolute Gasteiger partial charge is 0.0568 e. The second-order valence-electron chi connectivity index (χ2n) is 5.68. The highest BCUT2D eigenvalue weighted by molar-refractivity contribution is 9.10. The number of rotatable bonds is 2. The second kappa shape index (κ2) is 6.12. The number of benzene rings is 2. The molecule has 21 heavy (non-hydrogen) atoms. The minimum Gasteiger partial charge on any atom is -0.320 e. The molecule has 0 bridgehead atoms. The fourth-order valence-corrected chi connectivity index (χ4v) is 3.83. The zero-order valence-corrected chi connectivity index (χ0v) is 15.5. The van der Waals surface area contributed by atoms with Gasteiger partial charge in [0.1, 0.15) is 0 Å². The minimum absolute atomic E-state index is 0.158. The first-order valence-electron chi connectivity index (χ1n) is 7.03. The summed E-state index contributed by atoms with van der Waals surface area (Å²) in [6, 6.07) is 5.63. The Hall–Kier alpha value is -0.830. The minimum atomic E-state index is -0.158. The van der Waals surface area contributed by atoms with Crippen molar-refractivity contribution >= 4 is 27.5 Å². The highest BCUT2D eigenvalue weighted by Crippen LogP contribution is 2.35. The molecule has 2 aromatic carbocycles. The van der Waals surface area contributed by atoms with Crippen molar-refractivity contribution in [1.82, 2.24) is 0 Å². The van der Waals surface area contributed by atoms with Gasteiger partial charge in [0, 0.05) is 9.50 Å². The third kappa shape index (κ3) is 2.90. The summed E-state index contributed by atoms with van der Waals surface area (Å²) < 4.78 is 0.956. The van der Waals surface area contributed by atoms with Gasteiger partial charge in [-0.15, -0.1) is 0 Å². The van der Waals surface area contributed by atoms with Crippen molar-refractivity contribution < 1.29 is 0 Å². The molecule has 1 atom stereocenters. The molecule has 0 radical (unpaired) electrons. The molecule has 2 aromatic rings. The normalized spacial score (nSPS) is 12.6. The molecule has 0 fully saturated rings. The van der Waals surface area contributed by atoms with Crippen molar-refractivity contribution in [3.63, 3.8) is 0 Å². The van der Waals surface area contributed by atoms with Crippen molar-refractivity contribution in [2.75, 3.05) is 0 Å². The van der Waals surface area contributed by atoms with E-state index in [-0.39, 0.29) is 6.04 Å². The van der Waals surface area contributed by atoms with Gasteiger partial charge >= 0.3 is 0 Å². The third-order valence-corrected chi connectivity index (χ3v) is 5.59. The lowest BCUT2D eigenvalue weighted by Gasteiger charge is -2.24. The van der Waals surface area contributed by atoms with Crippen LogP contribution in [0.5, 0.6) is 0 Å². The molecular weight excluding hydrogens is 346 g/mol. The fourth-order valence-electron chi connectivity index (χ4n) is 2.90. The van der Waals surface area contributed by atoms with Gasteiger partial charge in [0.2, 0.25) is 0 Å². The topological polar surface area (TPSA) is 26.0 Å². The Morgan fingerprint density at radius 1 is 0.905 bits per heavy atom. The summed E-state index contributed by atoms with van der Waals surface area (Å²) in [6.45, 7) is 10.8. The van der Waals surface area contributed by atoms with E-state index in [0.717, 1.165) is 10.0 Å².